The number of carbonyl (C=O) groups excluding carboxylic acids is 2. The van der Waals surface area contributed by atoms with Crippen LogP contribution in [0.5, 0.6) is 0 Å². The fourth-order valence-corrected chi connectivity index (χ4v) is 2.02. The molecule has 0 radical (unpaired) electrons. The Hall–Kier alpha value is -2.46. The lowest BCUT2D eigenvalue weighted by Crippen LogP contribution is -2.23. The Bertz CT molecular complexity index is 738. The van der Waals surface area contributed by atoms with Crippen LogP contribution in [-0.4, -0.2) is 17.9 Å². The van der Waals surface area contributed by atoms with Gasteiger partial charge in [-0.3, -0.25) is 4.79 Å². The molecule has 23 heavy (non-hydrogen) atoms. The smallest absolute Gasteiger partial charge is 0.331 e. The number of esters is 1. The van der Waals surface area contributed by atoms with Crippen molar-refractivity contribution in [1.82, 2.24) is 0 Å². The number of hydrogen-bond donors (Lipinski definition) is 0. The van der Waals surface area contributed by atoms with Crippen LogP contribution in [0.25, 0.3) is 6.08 Å². The maximum absolute atomic E-state index is 13.0. The van der Waals surface area contributed by atoms with E-state index in [-0.39, 0.29) is 5.78 Å². The molecule has 0 fully saturated rings. The summed E-state index contributed by atoms with van der Waals surface area (Å²) in [5, 5.41) is 0.518. The van der Waals surface area contributed by atoms with Crippen LogP contribution in [0.2, 0.25) is 5.02 Å². The van der Waals surface area contributed by atoms with Gasteiger partial charge in [0.2, 0.25) is 5.78 Å². The molecule has 0 aliphatic carbocycles. The first-order valence-electron chi connectivity index (χ1n) is 6.90. The molecule has 0 heterocycles. The molecule has 5 heteroatoms. The first-order valence-corrected chi connectivity index (χ1v) is 7.27. The molecule has 0 aliphatic heterocycles. The van der Waals surface area contributed by atoms with Crippen LogP contribution < -0.4 is 0 Å². The van der Waals surface area contributed by atoms with Gasteiger partial charge < -0.3 is 4.74 Å². The fraction of sp³-hybridized carbons (Fsp3) is 0.111. The van der Waals surface area contributed by atoms with Crippen molar-refractivity contribution in [3.8, 4) is 0 Å². The zero-order valence-corrected chi connectivity index (χ0v) is 13.1. The third-order valence-electron chi connectivity index (χ3n) is 3.05. The molecule has 0 aromatic heterocycles. The Kier molecular flexibility index (Phi) is 5.66. The Labute approximate surface area is 138 Å². The molecule has 0 aliphatic rings. The SMILES string of the molecule is C[C@@H](OC(=O)/C=C/c1cccc(F)c1)C(=O)c1ccc(Cl)cc1. The number of hydrogen-bond acceptors (Lipinski definition) is 3. The van der Waals surface area contributed by atoms with Gasteiger partial charge in [0.25, 0.3) is 0 Å². The Balaban J connectivity index is 1.96. The van der Waals surface area contributed by atoms with Gasteiger partial charge in [-0.15, -0.1) is 0 Å². The molecule has 2 aromatic carbocycles. The van der Waals surface area contributed by atoms with E-state index in [1.165, 1.54) is 31.2 Å². The van der Waals surface area contributed by atoms with Crippen molar-refractivity contribution in [2.45, 2.75) is 13.0 Å². The molecular formula is C18H14ClFO3. The number of ketones is 1. The van der Waals surface area contributed by atoms with Gasteiger partial charge in [-0.25, -0.2) is 9.18 Å². The minimum atomic E-state index is -0.930. The monoisotopic (exact) mass is 332 g/mol. The predicted octanol–water partition coefficient (Wildman–Crippen LogP) is 4.31. The minimum absolute atomic E-state index is 0.325. The lowest BCUT2D eigenvalue weighted by molar-refractivity contribution is -0.140. The maximum atomic E-state index is 13.0. The summed E-state index contributed by atoms with van der Waals surface area (Å²) >= 11 is 5.76. The van der Waals surface area contributed by atoms with Gasteiger partial charge >= 0.3 is 5.97 Å². The summed E-state index contributed by atoms with van der Waals surface area (Å²) in [7, 11) is 0. The van der Waals surface area contributed by atoms with Crippen LogP contribution >= 0.6 is 11.6 Å². The summed E-state index contributed by atoms with van der Waals surface area (Å²) in [6.45, 7) is 1.49. The van der Waals surface area contributed by atoms with Crippen molar-refractivity contribution in [3.05, 3.63) is 76.6 Å². The van der Waals surface area contributed by atoms with E-state index in [9.17, 15) is 14.0 Å². The van der Waals surface area contributed by atoms with Crippen LogP contribution in [0.1, 0.15) is 22.8 Å². The van der Waals surface area contributed by atoms with Gasteiger partial charge in [-0.05, 0) is 55.0 Å². The average Bonchev–Trinajstić information content (AvgIpc) is 2.53. The standard InChI is InChI=1S/C18H14ClFO3/c1-12(18(22)14-6-8-15(19)9-7-14)23-17(21)10-5-13-3-2-4-16(20)11-13/h2-12H,1H3/b10-5+/t12-/m1/s1. The van der Waals surface area contributed by atoms with E-state index in [1.807, 2.05) is 0 Å². The Morgan fingerprint density at radius 1 is 1.17 bits per heavy atom. The number of Topliss-reactive ketones (excluding diaryl/α,β-unsaturated/α-hetero) is 1. The highest BCUT2D eigenvalue weighted by Gasteiger charge is 2.18. The van der Waals surface area contributed by atoms with Gasteiger partial charge in [0, 0.05) is 16.7 Å². The maximum Gasteiger partial charge on any atom is 0.331 e. The van der Waals surface area contributed by atoms with Gasteiger partial charge in [-0.1, -0.05) is 23.7 Å². The second-order valence-corrected chi connectivity index (χ2v) is 5.28. The molecule has 0 unspecified atom stereocenters. The fourth-order valence-electron chi connectivity index (χ4n) is 1.89. The van der Waals surface area contributed by atoms with E-state index in [0.717, 1.165) is 6.08 Å². The minimum Gasteiger partial charge on any atom is -0.451 e. The summed E-state index contributed by atoms with van der Waals surface area (Å²) < 4.78 is 18.1. The first-order chi connectivity index (χ1) is 11.0. The van der Waals surface area contributed by atoms with Crippen molar-refractivity contribution < 1.29 is 18.7 Å². The van der Waals surface area contributed by atoms with Gasteiger partial charge in [0.1, 0.15) is 5.82 Å². The molecule has 2 aromatic rings. The number of benzene rings is 2. The van der Waals surface area contributed by atoms with E-state index in [4.69, 9.17) is 16.3 Å². The largest absolute Gasteiger partial charge is 0.451 e. The highest BCUT2D eigenvalue weighted by molar-refractivity contribution is 6.30. The molecule has 0 amide bonds. The summed E-state index contributed by atoms with van der Waals surface area (Å²) in [6, 6.07) is 12.1. The average molecular weight is 333 g/mol. The highest BCUT2D eigenvalue weighted by Crippen LogP contribution is 2.13. The van der Waals surface area contributed by atoms with Crippen molar-refractivity contribution in [1.29, 1.82) is 0 Å². The molecule has 0 saturated carbocycles. The van der Waals surface area contributed by atoms with Crippen LogP contribution in [0.4, 0.5) is 4.39 Å². The summed E-state index contributed by atoms with van der Waals surface area (Å²) in [6.07, 6.45) is 1.64. The van der Waals surface area contributed by atoms with Crippen LogP contribution in [-0.2, 0) is 9.53 Å². The van der Waals surface area contributed by atoms with E-state index in [2.05, 4.69) is 0 Å². The normalized spacial score (nSPS) is 12.1. The lowest BCUT2D eigenvalue weighted by atomic mass is 10.1. The molecule has 0 saturated heterocycles. The number of carbonyl (C=O) groups is 2. The zero-order chi connectivity index (χ0) is 16.8. The van der Waals surface area contributed by atoms with Crippen molar-refractivity contribution in [2.75, 3.05) is 0 Å². The lowest BCUT2D eigenvalue weighted by Gasteiger charge is -2.10. The second kappa shape index (κ2) is 7.70. The number of halogens is 2. The second-order valence-electron chi connectivity index (χ2n) is 4.84. The molecule has 2 rings (SSSR count). The molecule has 0 spiro atoms. The van der Waals surface area contributed by atoms with Gasteiger partial charge in [0.15, 0.2) is 6.10 Å². The quantitative estimate of drug-likeness (QED) is 0.465. The molecule has 0 N–H and O–H groups in total. The number of rotatable bonds is 5. The summed E-state index contributed by atoms with van der Waals surface area (Å²) in [5.74, 6) is -1.40. The molecular weight excluding hydrogens is 319 g/mol. The first kappa shape index (κ1) is 16.9. The zero-order valence-electron chi connectivity index (χ0n) is 12.3. The van der Waals surface area contributed by atoms with Crippen molar-refractivity contribution >= 4 is 29.4 Å². The Morgan fingerprint density at radius 2 is 1.87 bits per heavy atom. The molecule has 118 valence electrons. The number of ether oxygens (including phenoxy) is 1. The van der Waals surface area contributed by atoms with Crippen LogP contribution in [0.15, 0.2) is 54.6 Å². The summed E-state index contributed by atoms with van der Waals surface area (Å²) in [4.78, 5) is 23.8. The predicted molar refractivity (Wildman–Crippen MR) is 86.8 cm³/mol. The Morgan fingerprint density at radius 3 is 2.52 bits per heavy atom. The molecule has 1 atom stereocenters. The van der Waals surface area contributed by atoms with E-state index in [1.54, 1.807) is 30.3 Å². The van der Waals surface area contributed by atoms with E-state index in [0.29, 0.717) is 16.1 Å². The van der Waals surface area contributed by atoms with E-state index < -0.39 is 17.9 Å². The molecule has 0 bridgehead atoms. The third kappa shape index (κ3) is 5.04. The topological polar surface area (TPSA) is 43.4 Å². The van der Waals surface area contributed by atoms with E-state index >= 15 is 0 Å². The van der Waals surface area contributed by atoms with Gasteiger partial charge in [-0.2, -0.15) is 0 Å². The highest BCUT2D eigenvalue weighted by atomic mass is 35.5. The van der Waals surface area contributed by atoms with Crippen molar-refractivity contribution in [3.63, 3.8) is 0 Å². The van der Waals surface area contributed by atoms with Crippen LogP contribution in [0.3, 0.4) is 0 Å². The molecule has 3 nitrogen and oxygen atoms in total. The summed E-state index contributed by atoms with van der Waals surface area (Å²) in [5.41, 5.74) is 0.933. The van der Waals surface area contributed by atoms with Crippen LogP contribution in [0, 0.1) is 5.82 Å². The van der Waals surface area contributed by atoms with Crippen molar-refractivity contribution in [2.24, 2.45) is 0 Å². The van der Waals surface area contributed by atoms with Gasteiger partial charge in [0.05, 0.1) is 0 Å². The third-order valence-corrected chi connectivity index (χ3v) is 3.30.